The van der Waals surface area contributed by atoms with Crippen LogP contribution in [0.2, 0.25) is 0 Å². The molecule has 0 aromatic heterocycles. The Hall–Kier alpha value is -1.83. The van der Waals surface area contributed by atoms with Crippen molar-refractivity contribution in [3.8, 4) is 0 Å². The fraction of sp³-hybridized carbons (Fsp3) is 0.316. The minimum absolute atomic E-state index is 0.137. The molecular weight excluding hydrogens is 368 g/mol. The zero-order valence-corrected chi connectivity index (χ0v) is 16.1. The first-order valence-electron chi connectivity index (χ1n) is 8.57. The number of anilines is 1. The zero-order valence-electron chi connectivity index (χ0n) is 14.4. The maximum Gasteiger partial charge on any atom is 0.243 e. The SMILES string of the molecule is O=C(CSCc1ccccc1)Nc1cccc(S(=O)(=O)N2CCCC2)c1. The third-order valence-corrected chi connectivity index (χ3v) is 7.06. The molecule has 0 bridgehead atoms. The largest absolute Gasteiger partial charge is 0.325 e. The summed E-state index contributed by atoms with van der Waals surface area (Å²) < 4.78 is 26.7. The molecular formula is C19H22N2O3S2. The van der Waals surface area contributed by atoms with Crippen LogP contribution in [0, 0.1) is 0 Å². The molecule has 26 heavy (non-hydrogen) atoms. The monoisotopic (exact) mass is 390 g/mol. The van der Waals surface area contributed by atoms with Gasteiger partial charge in [-0.15, -0.1) is 11.8 Å². The van der Waals surface area contributed by atoms with Gasteiger partial charge in [-0.3, -0.25) is 4.79 Å². The summed E-state index contributed by atoms with van der Waals surface area (Å²) in [5.74, 6) is 0.942. The summed E-state index contributed by atoms with van der Waals surface area (Å²) >= 11 is 1.53. The number of hydrogen-bond acceptors (Lipinski definition) is 4. The predicted molar refractivity (Wildman–Crippen MR) is 106 cm³/mol. The van der Waals surface area contributed by atoms with Gasteiger partial charge < -0.3 is 5.32 Å². The van der Waals surface area contributed by atoms with Crippen LogP contribution in [0.4, 0.5) is 5.69 Å². The molecule has 1 aliphatic rings. The van der Waals surface area contributed by atoms with Gasteiger partial charge in [0, 0.05) is 24.5 Å². The molecule has 1 fully saturated rings. The van der Waals surface area contributed by atoms with E-state index in [1.54, 1.807) is 18.2 Å². The number of sulfonamides is 1. The fourth-order valence-electron chi connectivity index (χ4n) is 2.84. The predicted octanol–water partition coefficient (Wildman–Crippen LogP) is 3.34. The molecule has 0 unspecified atom stereocenters. The molecule has 2 aromatic carbocycles. The first-order valence-corrected chi connectivity index (χ1v) is 11.2. The number of thioether (sulfide) groups is 1. The Morgan fingerprint density at radius 3 is 2.50 bits per heavy atom. The lowest BCUT2D eigenvalue weighted by molar-refractivity contribution is -0.113. The molecule has 5 nitrogen and oxygen atoms in total. The van der Waals surface area contributed by atoms with Crippen molar-refractivity contribution in [3.63, 3.8) is 0 Å². The van der Waals surface area contributed by atoms with Crippen LogP contribution in [0.25, 0.3) is 0 Å². The number of carbonyl (C=O) groups is 1. The zero-order chi connectivity index (χ0) is 18.4. The summed E-state index contributed by atoms with van der Waals surface area (Å²) in [5.41, 5.74) is 1.68. The van der Waals surface area contributed by atoms with Crippen LogP contribution in [0.15, 0.2) is 59.5 Å². The molecule has 138 valence electrons. The van der Waals surface area contributed by atoms with Crippen molar-refractivity contribution >= 4 is 33.4 Å². The third-order valence-electron chi connectivity index (χ3n) is 4.17. The number of carbonyl (C=O) groups excluding carboxylic acids is 1. The van der Waals surface area contributed by atoms with E-state index in [0.29, 0.717) is 24.5 Å². The van der Waals surface area contributed by atoms with Crippen LogP contribution < -0.4 is 5.32 Å². The standard InChI is InChI=1S/C19H22N2O3S2/c22-19(15-25-14-16-7-2-1-3-8-16)20-17-9-6-10-18(13-17)26(23,24)21-11-4-5-12-21/h1-3,6-10,13H,4-5,11-12,14-15H2,(H,20,22). The maximum absolute atomic E-state index is 12.6. The molecule has 2 aromatic rings. The van der Waals surface area contributed by atoms with E-state index in [1.165, 1.54) is 27.7 Å². The molecule has 1 saturated heterocycles. The van der Waals surface area contributed by atoms with E-state index in [1.807, 2.05) is 30.3 Å². The number of benzene rings is 2. The Morgan fingerprint density at radius 1 is 1.04 bits per heavy atom. The summed E-state index contributed by atoms with van der Waals surface area (Å²) in [4.78, 5) is 12.4. The van der Waals surface area contributed by atoms with Crippen molar-refractivity contribution in [1.29, 1.82) is 0 Å². The van der Waals surface area contributed by atoms with E-state index < -0.39 is 10.0 Å². The molecule has 0 aliphatic carbocycles. The second kappa shape index (κ2) is 8.70. The second-order valence-corrected chi connectivity index (χ2v) is 9.09. The summed E-state index contributed by atoms with van der Waals surface area (Å²) in [5, 5.41) is 2.79. The lowest BCUT2D eigenvalue weighted by Crippen LogP contribution is -2.28. The lowest BCUT2D eigenvalue weighted by atomic mass is 10.2. The highest BCUT2D eigenvalue weighted by molar-refractivity contribution is 7.99. The molecule has 3 rings (SSSR count). The number of nitrogens with zero attached hydrogens (tertiary/aromatic N) is 1. The van der Waals surface area contributed by atoms with Gasteiger partial charge >= 0.3 is 0 Å². The topological polar surface area (TPSA) is 66.5 Å². The first-order chi connectivity index (χ1) is 12.6. The average molecular weight is 391 g/mol. The molecule has 0 spiro atoms. The van der Waals surface area contributed by atoms with E-state index in [9.17, 15) is 13.2 Å². The van der Waals surface area contributed by atoms with Gasteiger partial charge in [0.05, 0.1) is 10.6 Å². The van der Waals surface area contributed by atoms with Crippen molar-refractivity contribution in [2.75, 3.05) is 24.2 Å². The van der Waals surface area contributed by atoms with Gasteiger partial charge in [-0.2, -0.15) is 4.31 Å². The summed E-state index contributed by atoms with van der Waals surface area (Å²) in [6.45, 7) is 1.13. The van der Waals surface area contributed by atoms with Crippen molar-refractivity contribution in [3.05, 3.63) is 60.2 Å². The molecule has 1 N–H and O–H groups in total. The van der Waals surface area contributed by atoms with Gasteiger partial charge in [0.15, 0.2) is 0 Å². The van der Waals surface area contributed by atoms with Gasteiger partial charge in [0.25, 0.3) is 0 Å². The second-order valence-electron chi connectivity index (χ2n) is 6.17. The molecule has 0 atom stereocenters. The van der Waals surface area contributed by atoms with Gasteiger partial charge in [0.2, 0.25) is 15.9 Å². The van der Waals surface area contributed by atoms with Crippen LogP contribution in [0.3, 0.4) is 0 Å². The average Bonchev–Trinajstić information content (AvgIpc) is 3.18. The number of amides is 1. The van der Waals surface area contributed by atoms with Gasteiger partial charge in [-0.1, -0.05) is 36.4 Å². The highest BCUT2D eigenvalue weighted by atomic mass is 32.2. The van der Waals surface area contributed by atoms with Crippen molar-refractivity contribution < 1.29 is 13.2 Å². The summed E-state index contributed by atoms with van der Waals surface area (Å²) in [6, 6.07) is 16.4. The Kier molecular flexibility index (Phi) is 6.34. The van der Waals surface area contributed by atoms with Crippen molar-refractivity contribution in [2.45, 2.75) is 23.5 Å². The quantitative estimate of drug-likeness (QED) is 0.787. The number of hydrogen-bond donors (Lipinski definition) is 1. The van der Waals surface area contributed by atoms with Crippen LogP contribution >= 0.6 is 11.8 Å². The number of nitrogens with one attached hydrogen (secondary N) is 1. The third kappa shape index (κ3) is 4.87. The Bertz CT molecular complexity index is 848. The van der Waals surface area contributed by atoms with E-state index in [2.05, 4.69) is 5.32 Å². The minimum atomic E-state index is -3.47. The van der Waals surface area contributed by atoms with Crippen molar-refractivity contribution in [2.24, 2.45) is 0 Å². The van der Waals surface area contributed by atoms with Crippen LogP contribution in [-0.2, 0) is 20.6 Å². The van der Waals surface area contributed by atoms with E-state index in [0.717, 1.165) is 18.6 Å². The van der Waals surface area contributed by atoms with E-state index in [4.69, 9.17) is 0 Å². The Balaban J connectivity index is 1.57. The summed E-state index contributed by atoms with van der Waals surface area (Å²) in [7, 11) is -3.47. The normalized spacial score (nSPS) is 15.1. The smallest absolute Gasteiger partial charge is 0.243 e. The number of rotatable bonds is 7. The lowest BCUT2D eigenvalue weighted by Gasteiger charge is -2.16. The Morgan fingerprint density at radius 2 is 1.77 bits per heavy atom. The van der Waals surface area contributed by atoms with E-state index >= 15 is 0 Å². The van der Waals surface area contributed by atoms with Gasteiger partial charge in [-0.25, -0.2) is 8.42 Å². The fourth-order valence-corrected chi connectivity index (χ4v) is 5.20. The summed E-state index contributed by atoms with van der Waals surface area (Å²) in [6.07, 6.45) is 1.79. The molecule has 7 heteroatoms. The minimum Gasteiger partial charge on any atom is -0.325 e. The van der Waals surface area contributed by atoms with Crippen LogP contribution in [0.5, 0.6) is 0 Å². The van der Waals surface area contributed by atoms with Gasteiger partial charge in [0.1, 0.15) is 0 Å². The molecule has 1 heterocycles. The molecule has 1 amide bonds. The van der Waals surface area contributed by atoms with Crippen LogP contribution in [-0.4, -0.2) is 37.5 Å². The van der Waals surface area contributed by atoms with Crippen molar-refractivity contribution in [1.82, 2.24) is 4.31 Å². The van der Waals surface area contributed by atoms with E-state index in [-0.39, 0.29) is 10.8 Å². The first kappa shape index (κ1) is 18.9. The molecule has 0 radical (unpaired) electrons. The molecule has 1 aliphatic heterocycles. The maximum atomic E-state index is 12.6. The Labute approximate surface area is 158 Å². The van der Waals surface area contributed by atoms with Crippen LogP contribution in [0.1, 0.15) is 18.4 Å². The molecule has 0 saturated carbocycles. The highest BCUT2D eigenvalue weighted by Crippen LogP contribution is 2.23. The van der Waals surface area contributed by atoms with Gasteiger partial charge in [-0.05, 0) is 36.6 Å². The highest BCUT2D eigenvalue weighted by Gasteiger charge is 2.27.